The molecule has 6 nitrogen and oxygen atoms in total. The largest absolute Gasteiger partial charge is 0.349 e. The fraction of sp³-hybridized carbons (Fsp3) is 0.471. The van der Waals surface area contributed by atoms with Crippen molar-refractivity contribution < 1.29 is 4.79 Å². The lowest BCUT2D eigenvalue weighted by Gasteiger charge is -2.28. The second-order valence-electron chi connectivity index (χ2n) is 6.29. The SMILES string of the molecule is Cc1cc(C)n(-c2ccc(C(=O)NC3CCNC(C)C3)cn2)n1.Cl.Cl. The number of hydrogen-bond donors (Lipinski definition) is 2. The molecular formula is C17H25Cl2N5O. The van der Waals surface area contributed by atoms with E-state index in [9.17, 15) is 4.79 Å². The van der Waals surface area contributed by atoms with Gasteiger partial charge >= 0.3 is 0 Å². The van der Waals surface area contributed by atoms with E-state index in [4.69, 9.17) is 0 Å². The van der Waals surface area contributed by atoms with Gasteiger partial charge in [0.1, 0.15) is 0 Å². The number of hydrogen-bond acceptors (Lipinski definition) is 4. The maximum Gasteiger partial charge on any atom is 0.253 e. The highest BCUT2D eigenvalue weighted by atomic mass is 35.5. The fourth-order valence-electron chi connectivity index (χ4n) is 3.04. The first-order chi connectivity index (χ1) is 11.0. The van der Waals surface area contributed by atoms with Gasteiger partial charge in [-0.05, 0) is 58.4 Å². The van der Waals surface area contributed by atoms with Crippen LogP contribution in [0.2, 0.25) is 0 Å². The third-order valence-corrected chi connectivity index (χ3v) is 4.20. The molecule has 2 aromatic heterocycles. The van der Waals surface area contributed by atoms with E-state index in [0.29, 0.717) is 11.6 Å². The molecule has 0 spiro atoms. The molecule has 1 saturated heterocycles. The third kappa shape index (κ3) is 5.17. The highest BCUT2D eigenvalue weighted by Gasteiger charge is 2.20. The number of halogens is 2. The van der Waals surface area contributed by atoms with Crippen molar-refractivity contribution in [1.82, 2.24) is 25.4 Å². The number of aryl methyl sites for hydroxylation is 2. The van der Waals surface area contributed by atoms with E-state index in [2.05, 4.69) is 27.6 Å². The first-order valence-corrected chi connectivity index (χ1v) is 8.07. The Morgan fingerprint density at radius 1 is 1.32 bits per heavy atom. The Hall–Kier alpha value is -1.63. The Labute approximate surface area is 160 Å². The zero-order valence-corrected chi connectivity index (χ0v) is 16.3. The average Bonchev–Trinajstić information content (AvgIpc) is 2.86. The van der Waals surface area contributed by atoms with Crippen molar-refractivity contribution >= 4 is 30.7 Å². The molecule has 0 aliphatic carbocycles. The molecule has 0 aromatic carbocycles. The van der Waals surface area contributed by atoms with Crippen molar-refractivity contribution in [3.05, 3.63) is 41.3 Å². The standard InChI is InChI=1S/C17H23N5O.2ClH/c1-11-9-15(6-7-18-11)20-17(23)14-4-5-16(19-10-14)22-13(3)8-12(2)21-22;;/h4-5,8,10-11,15,18H,6-7,9H2,1-3H3,(H,20,23);2*1H. The molecule has 2 atom stereocenters. The summed E-state index contributed by atoms with van der Waals surface area (Å²) in [7, 11) is 0. The highest BCUT2D eigenvalue weighted by Crippen LogP contribution is 2.12. The van der Waals surface area contributed by atoms with Crippen molar-refractivity contribution in [3.8, 4) is 5.82 Å². The van der Waals surface area contributed by atoms with Crippen LogP contribution in [0.4, 0.5) is 0 Å². The van der Waals surface area contributed by atoms with E-state index >= 15 is 0 Å². The molecule has 1 fully saturated rings. The Morgan fingerprint density at radius 2 is 2.08 bits per heavy atom. The Kier molecular flexibility index (Phi) is 7.86. The summed E-state index contributed by atoms with van der Waals surface area (Å²) in [5.41, 5.74) is 2.56. The van der Waals surface area contributed by atoms with Crippen LogP contribution in [0.3, 0.4) is 0 Å². The van der Waals surface area contributed by atoms with Gasteiger partial charge in [0.15, 0.2) is 5.82 Å². The maximum absolute atomic E-state index is 12.3. The van der Waals surface area contributed by atoms with Gasteiger partial charge in [-0.3, -0.25) is 4.79 Å². The van der Waals surface area contributed by atoms with Crippen LogP contribution in [-0.2, 0) is 0 Å². The van der Waals surface area contributed by atoms with Gasteiger partial charge in [0.05, 0.1) is 11.3 Å². The van der Waals surface area contributed by atoms with Gasteiger partial charge in [-0.1, -0.05) is 0 Å². The number of pyridine rings is 1. The lowest BCUT2D eigenvalue weighted by Crippen LogP contribution is -2.46. The summed E-state index contributed by atoms with van der Waals surface area (Å²) in [6.07, 6.45) is 3.54. The summed E-state index contributed by atoms with van der Waals surface area (Å²) >= 11 is 0. The number of carbonyl (C=O) groups excluding carboxylic acids is 1. The number of piperidine rings is 1. The molecule has 0 radical (unpaired) electrons. The third-order valence-electron chi connectivity index (χ3n) is 4.20. The molecule has 138 valence electrons. The monoisotopic (exact) mass is 385 g/mol. The summed E-state index contributed by atoms with van der Waals surface area (Å²) in [6, 6.07) is 6.31. The zero-order valence-electron chi connectivity index (χ0n) is 14.7. The van der Waals surface area contributed by atoms with Crippen LogP contribution >= 0.6 is 24.8 Å². The molecule has 0 bridgehead atoms. The van der Waals surface area contributed by atoms with Gasteiger partial charge in [0.25, 0.3) is 5.91 Å². The van der Waals surface area contributed by atoms with Crippen LogP contribution in [0, 0.1) is 13.8 Å². The summed E-state index contributed by atoms with van der Waals surface area (Å²) < 4.78 is 1.78. The number of rotatable bonds is 3. The van der Waals surface area contributed by atoms with Gasteiger partial charge in [-0.25, -0.2) is 9.67 Å². The van der Waals surface area contributed by atoms with E-state index in [1.54, 1.807) is 16.9 Å². The summed E-state index contributed by atoms with van der Waals surface area (Å²) in [5.74, 6) is 0.666. The molecule has 3 heterocycles. The predicted octanol–water partition coefficient (Wildman–Crippen LogP) is 2.60. The molecule has 8 heteroatoms. The minimum atomic E-state index is -0.0588. The number of amides is 1. The molecule has 25 heavy (non-hydrogen) atoms. The molecule has 0 saturated carbocycles. The minimum absolute atomic E-state index is 0. The lowest BCUT2D eigenvalue weighted by atomic mass is 10.0. The second-order valence-corrected chi connectivity index (χ2v) is 6.29. The van der Waals surface area contributed by atoms with Gasteiger partial charge < -0.3 is 10.6 Å². The molecule has 1 amide bonds. The number of nitrogens with one attached hydrogen (secondary N) is 2. The van der Waals surface area contributed by atoms with Crippen LogP contribution in [0.25, 0.3) is 5.82 Å². The van der Waals surface area contributed by atoms with E-state index < -0.39 is 0 Å². The lowest BCUT2D eigenvalue weighted by molar-refractivity contribution is 0.0925. The van der Waals surface area contributed by atoms with Crippen molar-refractivity contribution in [1.29, 1.82) is 0 Å². The Balaban J connectivity index is 0.00000156. The molecule has 1 aliphatic rings. The molecule has 2 N–H and O–H groups in total. The van der Waals surface area contributed by atoms with Crippen molar-refractivity contribution in [2.75, 3.05) is 6.54 Å². The van der Waals surface area contributed by atoms with Gasteiger partial charge in [-0.2, -0.15) is 5.10 Å². The van der Waals surface area contributed by atoms with E-state index in [0.717, 1.165) is 36.6 Å². The zero-order chi connectivity index (χ0) is 16.4. The topological polar surface area (TPSA) is 71.8 Å². The second kappa shape index (κ2) is 9.17. The molecule has 1 aliphatic heterocycles. The van der Waals surface area contributed by atoms with E-state index in [-0.39, 0.29) is 36.8 Å². The fourth-order valence-corrected chi connectivity index (χ4v) is 3.04. The molecule has 2 unspecified atom stereocenters. The number of carbonyl (C=O) groups is 1. The van der Waals surface area contributed by atoms with Crippen LogP contribution < -0.4 is 10.6 Å². The van der Waals surface area contributed by atoms with Crippen LogP contribution in [-0.4, -0.2) is 39.3 Å². The highest BCUT2D eigenvalue weighted by molar-refractivity contribution is 5.94. The normalized spacial score (nSPS) is 19.5. The van der Waals surface area contributed by atoms with Gasteiger partial charge in [0, 0.05) is 24.0 Å². The van der Waals surface area contributed by atoms with Gasteiger partial charge in [0.2, 0.25) is 0 Å². The minimum Gasteiger partial charge on any atom is -0.349 e. The van der Waals surface area contributed by atoms with Crippen LogP contribution in [0.5, 0.6) is 0 Å². The van der Waals surface area contributed by atoms with Crippen LogP contribution in [0.1, 0.15) is 41.5 Å². The summed E-state index contributed by atoms with van der Waals surface area (Å²) in [6.45, 7) is 7.02. The molecule has 2 aromatic rings. The van der Waals surface area contributed by atoms with Crippen molar-refractivity contribution in [2.45, 2.75) is 45.7 Å². The smallest absolute Gasteiger partial charge is 0.253 e. The Bertz CT molecular complexity index is 702. The number of aromatic nitrogens is 3. The van der Waals surface area contributed by atoms with Crippen molar-refractivity contribution in [3.63, 3.8) is 0 Å². The van der Waals surface area contributed by atoms with E-state index in [1.165, 1.54) is 0 Å². The Morgan fingerprint density at radius 3 is 2.64 bits per heavy atom. The van der Waals surface area contributed by atoms with E-state index in [1.807, 2.05) is 26.0 Å². The predicted molar refractivity (Wildman–Crippen MR) is 103 cm³/mol. The number of nitrogens with zero attached hydrogens (tertiary/aromatic N) is 3. The van der Waals surface area contributed by atoms with Gasteiger partial charge in [-0.15, -0.1) is 24.8 Å². The van der Waals surface area contributed by atoms with Crippen molar-refractivity contribution in [2.24, 2.45) is 0 Å². The quantitative estimate of drug-likeness (QED) is 0.851. The first-order valence-electron chi connectivity index (χ1n) is 8.07. The molecular weight excluding hydrogens is 361 g/mol. The molecule has 3 rings (SSSR count). The first kappa shape index (κ1) is 21.4. The van der Waals surface area contributed by atoms with Crippen LogP contribution in [0.15, 0.2) is 24.4 Å². The summed E-state index contributed by atoms with van der Waals surface area (Å²) in [5, 5.41) is 10.9. The maximum atomic E-state index is 12.3. The summed E-state index contributed by atoms with van der Waals surface area (Å²) in [4.78, 5) is 16.7. The average molecular weight is 386 g/mol.